The molecule has 0 atom stereocenters. The van der Waals surface area contributed by atoms with Gasteiger partial charge in [-0.25, -0.2) is 0 Å². The van der Waals surface area contributed by atoms with Crippen molar-refractivity contribution < 1.29 is 4.92 Å². The maximum atomic E-state index is 10.6. The molecule has 0 aromatic heterocycles. The fourth-order valence-electron chi connectivity index (χ4n) is 2.76. The number of guanidine groups is 1. The maximum absolute atomic E-state index is 10.6. The molecular weight excluding hydrogens is 419 g/mol. The molecule has 1 aliphatic heterocycles. The monoisotopic (exact) mass is 446 g/mol. The second-order valence-electron chi connectivity index (χ2n) is 5.81. The Kier molecular flexibility index (Phi) is 9.66. The molecule has 1 heterocycles. The van der Waals surface area contributed by atoms with Gasteiger partial charge in [0.1, 0.15) is 0 Å². The van der Waals surface area contributed by atoms with Crippen LogP contribution in [0, 0.1) is 10.1 Å². The number of nitrogens with one attached hydrogen (secondary N) is 1. The Morgan fingerprint density at radius 2 is 1.92 bits per heavy atom. The van der Waals surface area contributed by atoms with E-state index >= 15 is 0 Å². The van der Waals surface area contributed by atoms with Crippen LogP contribution < -0.4 is 5.32 Å². The summed E-state index contributed by atoms with van der Waals surface area (Å²) in [7, 11) is 0. The number of nitrogens with zero attached hydrogens (tertiary/aromatic N) is 3. The highest BCUT2D eigenvalue weighted by Gasteiger charge is 2.15. The van der Waals surface area contributed by atoms with Crippen molar-refractivity contribution in [2.45, 2.75) is 39.0 Å². The largest absolute Gasteiger partial charge is 0.357 e. The molecule has 1 fully saturated rings. The summed E-state index contributed by atoms with van der Waals surface area (Å²) in [5.41, 5.74) is 1.30. The van der Waals surface area contributed by atoms with E-state index in [1.165, 1.54) is 12.8 Å². The molecular formula is C17H27IN4O2. The number of benzene rings is 1. The molecule has 0 bridgehead atoms. The highest BCUT2D eigenvalue weighted by Crippen LogP contribution is 2.13. The molecule has 0 saturated carbocycles. The first-order chi connectivity index (χ1) is 11.2. The molecule has 7 heteroatoms. The van der Waals surface area contributed by atoms with E-state index < -0.39 is 0 Å². The van der Waals surface area contributed by atoms with Crippen LogP contribution >= 0.6 is 24.0 Å². The summed E-state index contributed by atoms with van der Waals surface area (Å²) in [6, 6.07) is 6.83. The maximum Gasteiger partial charge on any atom is 0.269 e. The van der Waals surface area contributed by atoms with E-state index in [0.29, 0.717) is 0 Å². The highest BCUT2D eigenvalue weighted by atomic mass is 127. The molecule has 134 valence electrons. The molecule has 1 aliphatic rings. The van der Waals surface area contributed by atoms with Gasteiger partial charge in [0.05, 0.1) is 4.92 Å². The number of hydrogen-bond donors (Lipinski definition) is 1. The number of rotatable bonds is 7. The molecule has 0 unspecified atom stereocenters. The lowest BCUT2D eigenvalue weighted by Gasteiger charge is -2.20. The molecule has 0 amide bonds. The number of non-ortho nitro benzene ring substituents is 1. The number of hydrogen-bond acceptors (Lipinski definition) is 3. The second-order valence-corrected chi connectivity index (χ2v) is 5.81. The van der Waals surface area contributed by atoms with Crippen LogP contribution in [0.1, 0.15) is 38.2 Å². The predicted octanol–water partition coefficient (Wildman–Crippen LogP) is 3.60. The highest BCUT2D eigenvalue weighted by molar-refractivity contribution is 14.0. The summed E-state index contributed by atoms with van der Waals surface area (Å²) in [4.78, 5) is 17.3. The zero-order valence-corrected chi connectivity index (χ0v) is 16.6. The van der Waals surface area contributed by atoms with Gasteiger partial charge in [-0.1, -0.05) is 12.1 Å². The van der Waals surface area contributed by atoms with Crippen LogP contribution in [0.3, 0.4) is 0 Å². The Balaban J connectivity index is 0.00000288. The topological polar surface area (TPSA) is 70.8 Å². The van der Waals surface area contributed by atoms with Crippen molar-refractivity contribution in [2.75, 3.05) is 26.2 Å². The SMILES string of the molecule is CCNC(=NCCCCc1ccc([N+](=O)[O-])cc1)N1CCCC1.I. The van der Waals surface area contributed by atoms with Crippen LogP contribution in [-0.2, 0) is 6.42 Å². The number of aryl methyl sites for hydroxylation is 1. The lowest BCUT2D eigenvalue weighted by atomic mass is 10.1. The number of halogens is 1. The molecule has 1 saturated heterocycles. The summed E-state index contributed by atoms with van der Waals surface area (Å²) >= 11 is 0. The Morgan fingerprint density at radius 3 is 2.50 bits per heavy atom. The number of aliphatic imine (C=N–C) groups is 1. The summed E-state index contributed by atoms with van der Waals surface area (Å²) in [5, 5.41) is 14.0. The van der Waals surface area contributed by atoms with Gasteiger partial charge in [-0.2, -0.15) is 0 Å². The van der Waals surface area contributed by atoms with E-state index in [1.54, 1.807) is 12.1 Å². The van der Waals surface area contributed by atoms with Gasteiger partial charge in [0, 0.05) is 38.3 Å². The van der Waals surface area contributed by atoms with Gasteiger partial charge in [0.2, 0.25) is 0 Å². The Labute approximate surface area is 160 Å². The normalized spacial score (nSPS) is 14.4. The van der Waals surface area contributed by atoms with Crippen LogP contribution in [0.2, 0.25) is 0 Å². The third-order valence-corrected chi connectivity index (χ3v) is 4.02. The minimum absolute atomic E-state index is 0. The fourth-order valence-corrected chi connectivity index (χ4v) is 2.76. The first-order valence-corrected chi connectivity index (χ1v) is 8.47. The standard InChI is InChI=1S/C17H26N4O2.HI/c1-2-18-17(20-13-5-6-14-20)19-12-4-3-7-15-8-10-16(11-9-15)21(22)23;/h8-11H,2-7,12-14H2,1H3,(H,18,19);1H. The smallest absolute Gasteiger partial charge is 0.269 e. The number of nitro benzene ring substituents is 1. The van der Waals surface area contributed by atoms with E-state index in [9.17, 15) is 10.1 Å². The van der Waals surface area contributed by atoms with Gasteiger partial charge in [-0.3, -0.25) is 15.1 Å². The first-order valence-electron chi connectivity index (χ1n) is 8.47. The van der Waals surface area contributed by atoms with Crippen molar-refractivity contribution >= 4 is 35.6 Å². The molecule has 0 aliphatic carbocycles. The molecule has 0 radical (unpaired) electrons. The van der Waals surface area contributed by atoms with E-state index in [0.717, 1.165) is 57.0 Å². The molecule has 24 heavy (non-hydrogen) atoms. The summed E-state index contributed by atoms with van der Waals surface area (Å²) < 4.78 is 0. The second kappa shape index (κ2) is 11.2. The first kappa shape index (κ1) is 20.7. The number of nitro groups is 1. The minimum Gasteiger partial charge on any atom is -0.357 e. The van der Waals surface area contributed by atoms with Crippen LogP contribution in [0.15, 0.2) is 29.3 Å². The third-order valence-electron chi connectivity index (χ3n) is 4.02. The van der Waals surface area contributed by atoms with Crippen LogP contribution in [0.4, 0.5) is 5.69 Å². The van der Waals surface area contributed by atoms with Crippen molar-refractivity contribution in [1.82, 2.24) is 10.2 Å². The molecule has 2 rings (SSSR count). The summed E-state index contributed by atoms with van der Waals surface area (Å²) in [6.07, 6.45) is 5.52. The molecule has 1 aromatic rings. The number of likely N-dealkylation sites (tertiary alicyclic amines) is 1. The van der Waals surface area contributed by atoms with Crippen molar-refractivity contribution in [3.05, 3.63) is 39.9 Å². The molecule has 0 spiro atoms. The van der Waals surface area contributed by atoms with Crippen molar-refractivity contribution in [3.63, 3.8) is 0 Å². The van der Waals surface area contributed by atoms with Crippen LogP contribution in [0.5, 0.6) is 0 Å². The zero-order valence-electron chi connectivity index (χ0n) is 14.2. The molecule has 6 nitrogen and oxygen atoms in total. The third kappa shape index (κ3) is 6.62. The number of unbranched alkanes of at least 4 members (excludes halogenated alkanes) is 1. The average molecular weight is 446 g/mol. The van der Waals surface area contributed by atoms with Crippen molar-refractivity contribution in [1.29, 1.82) is 0 Å². The van der Waals surface area contributed by atoms with Crippen LogP contribution in [-0.4, -0.2) is 42.0 Å². The molecule has 1 N–H and O–H groups in total. The van der Waals surface area contributed by atoms with E-state index in [4.69, 9.17) is 4.99 Å². The van der Waals surface area contributed by atoms with Crippen molar-refractivity contribution in [2.24, 2.45) is 4.99 Å². The lowest BCUT2D eigenvalue weighted by molar-refractivity contribution is -0.384. The van der Waals surface area contributed by atoms with Gasteiger partial charge < -0.3 is 10.2 Å². The van der Waals surface area contributed by atoms with Gasteiger partial charge in [0.15, 0.2) is 5.96 Å². The average Bonchev–Trinajstić information content (AvgIpc) is 3.08. The summed E-state index contributed by atoms with van der Waals surface area (Å²) in [6.45, 7) is 6.04. The Bertz CT molecular complexity index is 528. The van der Waals surface area contributed by atoms with Gasteiger partial charge in [-0.05, 0) is 44.6 Å². The van der Waals surface area contributed by atoms with E-state index in [-0.39, 0.29) is 34.6 Å². The summed E-state index contributed by atoms with van der Waals surface area (Å²) in [5.74, 6) is 1.04. The van der Waals surface area contributed by atoms with Gasteiger partial charge >= 0.3 is 0 Å². The van der Waals surface area contributed by atoms with Gasteiger partial charge in [0.25, 0.3) is 5.69 Å². The molecule has 1 aromatic carbocycles. The zero-order chi connectivity index (χ0) is 16.5. The quantitative estimate of drug-likeness (QED) is 0.174. The lowest BCUT2D eigenvalue weighted by Crippen LogP contribution is -2.39. The Morgan fingerprint density at radius 1 is 1.25 bits per heavy atom. The van der Waals surface area contributed by atoms with E-state index in [1.807, 2.05) is 12.1 Å². The van der Waals surface area contributed by atoms with Crippen LogP contribution in [0.25, 0.3) is 0 Å². The van der Waals surface area contributed by atoms with Crippen molar-refractivity contribution in [3.8, 4) is 0 Å². The van der Waals surface area contributed by atoms with Gasteiger partial charge in [-0.15, -0.1) is 24.0 Å². The Hall–Kier alpha value is -1.38. The fraction of sp³-hybridized carbons (Fsp3) is 0.588. The predicted molar refractivity (Wildman–Crippen MR) is 108 cm³/mol. The minimum atomic E-state index is -0.362. The van der Waals surface area contributed by atoms with E-state index in [2.05, 4.69) is 17.1 Å².